The number of rotatable bonds is 7. The summed E-state index contributed by atoms with van der Waals surface area (Å²) in [5.41, 5.74) is 2.63. The van der Waals surface area contributed by atoms with E-state index in [9.17, 15) is 19.2 Å². The minimum atomic E-state index is -0.730. The van der Waals surface area contributed by atoms with Gasteiger partial charge in [-0.3, -0.25) is 19.7 Å². The van der Waals surface area contributed by atoms with Gasteiger partial charge in [-0.05, 0) is 44.9 Å². The number of ether oxygens (including phenoxy) is 1. The van der Waals surface area contributed by atoms with Crippen LogP contribution in [0.2, 0.25) is 0 Å². The lowest BCUT2D eigenvalue weighted by molar-refractivity contribution is -0.148. The summed E-state index contributed by atoms with van der Waals surface area (Å²) in [5.74, 6) is -1.57. The van der Waals surface area contributed by atoms with E-state index in [0.29, 0.717) is 5.56 Å². The van der Waals surface area contributed by atoms with Crippen molar-refractivity contribution in [1.82, 2.24) is 10.6 Å². The fraction of sp³-hybridized carbons (Fsp3) is 0.444. The molecular formula is C18H24N2O5. The van der Waals surface area contributed by atoms with Gasteiger partial charge in [0.05, 0.1) is 6.42 Å². The second-order valence-electron chi connectivity index (χ2n) is 6.06. The average Bonchev–Trinajstić information content (AvgIpc) is 2.52. The van der Waals surface area contributed by atoms with E-state index in [1.165, 1.54) is 0 Å². The third-order valence-corrected chi connectivity index (χ3v) is 3.42. The van der Waals surface area contributed by atoms with E-state index in [-0.39, 0.29) is 24.7 Å². The minimum absolute atomic E-state index is 0.00319. The Kier molecular flexibility index (Phi) is 7.78. The van der Waals surface area contributed by atoms with Crippen molar-refractivity contribution in [3.63, 3.8) is 0 Å². The van der Waals surface area contributed by atoms with Crippen molar-refractivity contribution in [2.75, 3.05) is 6.61 Å². The first-order valence-electron chi connectivity index (χ1n) is 8.05. The zero-order valence-corrected chi connectivity index (χ0v) is 15.0. The van der Waals surface area contributed by atoms with Crippen LogP contribution >= 0.6 is 0 Å². The number of imide groups is 1. The van der Waals surface area contributed by atoms with Crippen molar-refractivity contribution < 1.29 is 23.9 Å². The second-order valence-corrected chi connectivity index (χ2v) is 6.06. The molecule has 0 heterocycles. The van der Waals surface area contributed by atoms with E-state index >= 15 is 0 Å². The summed E-state index contributed by atoms with van der Waals surface area (Å²) in [5, 5.41) is 4.51. The Labute approximate surface area is 147 Å². The molecule has 1 rings (SSSR count). The van der Waals surface area contributed by atoms with Crippen molar-refractivity contribution in [3.8, 4) is 0 Å². The maximum Gasteiger partial charge on any atom is 0.321 e. The van der Waals surface area contributed by atoms with Crippen LogP contribution in [-0.2, 0) is 14.3 Å². The van der Waals surface area contributed by atoms with Gasteiger partial charge < -0.3 is 10.1 Å². The number of Topliss-reactive ketones (excluding diaryl/α,β-unsaturated/α-hetero) is 1. The molecule has 0 spiro atoms. The molecule has 1 aromatic carbocycles. The standard InChI is InChI=1S/C18H24N2O5/c1-11(2)19-18(24)20-16(22)10-25-17(23)8-7-15(21)14-6-5-12(3)13(4)9-14/h5-6,9,11H,7-8,10H2,1-4H3,(H2,19,20,22,24). The summed E-state index contributed by atoms with van der Waals surface area (Å²) in [6, 6.07) is 4.58. The number of urea groups is 1. The Morgan fingerprint density at radius 2 is 1.72 bits per heavy atom. The largest absolute Gasteiger partial charge is 0.456 e. The number of aryl methyl sites for hydroxylation is 2. The molecule has 0 unspecified atom stereocenters. The maximum atomic E-state index is 12.1. The number of ketones is 1. The van der Waals surface area contributed by atoms with Crippen LogP contribution in [0.25, 0.3) is 0 Å². The monoisotopic (exact) mass is 348 g/mol. The van der Waals surface area contributed by atoms with Crippen molar-refractivity contribution >= 4 is 23.7 Å². The molecule has 136 valence electrons. The van der Waals surface area contributed by atoms with Gasteiger partial charge in [-0.25, -0.2) is 4.79 Å². The van der Waals surface area contributed by atoms with E-state index in [0.717, 1.165) is 11.1 Å². The Hall–Kier alpha value is -2.70. The number of hydrogen-bond donors (Lipinski definition) is 2. The third kappa shape index (κ3) is 7.60. The molecule has 1 aromatic rings. The van der Waals surface area contributed by atoms with Crippen molar-refractivity contribution in [2.45, 2.75) is 46.6 Å². The molecular weight excluding hydrogens is 324 g/mol. The van der Waals surface area contributed by atoms with Gasteiger partial charge in [-0.15, -0.1) is 0 Å². The Morgan fingerprint density at radius 1 is 1.04 bits per heavy atom. The molecule has 0 radical (unpaired) electrons. The predicted octanol–water partition coefficient (Wildman–Crippen LogP) is 2.04. The van der Waals surface area contributed by atoms with E-state index in [4.69, 9.17) is 4.74 Å². The molecule has 25 heavy (non-hydrogen) atoms. The zero-order chi connectivity index (χ0) is 19.0. The number of esters is 1. The fourth-order valence-electron chi connectivity index (χ4n) is 1.95. The first-order chi connectivity index (χ1) is 11.7. The lowest BCUT2D eigenvalue weighted by Crippen LogP contribution is -2.44. The van der Waals surface area contributed by atoms with Gasteiger partial charge in [0.1, 0.15) is 0 Å². The van der Waals surface area contributed by atoms with Crippen LogP contribution in [0, 0.1) is 13.8 Å². The highest BCUT2D eigenvalue weighted by molar-refractivity contribution is 5.98. The quantitative estimate of drug-likeness (QED) is 0.580. The molecule has 0 saturated carbocycles. The Morgan fingerprint density at radius 3 is 2.32 bits per heavy atom. The van der Waals surface area contributed by atoms with Gasteiger partial charge in [0.25, 0.3) is 5.91 Å². The number of carbonyl (C=O) groups is 4. The smallest absolute Gasteiger partial charge is 0.321 e. The molecule has 0 aliphatic rings. The van der Waals surface area contributed by atoms with E-state index in [2.05, 4.69) is 5.32 Å². The predicted molar refractivity (Wildman–Crippen MR) is 92.2 cm³/mol. The van der Waals surface area contributed by atoms with Crippen LogP contribution < -0.4 is 10.6 Å². The average molecular weight is 348 g/mol. The van der Waals surface area contributed by atoms with E-state index in [1.807, 2.05) is 25.2 Å². The second kappa shape index (κ2) is 9.56. The van der Waals surface area contributed by atoms with Gasteiger partial charge in [0.2, 0.25) is 0 Å². The van der Waals surface area contributed by atoms with Gasteiger partial charge >= 0.3 is 12.0 Å². The van der Waals surface area contributed by atoms with Gasteiger partial charge in [-0.1, -0.05) is 12.1 Å². The van der Waals surface area contributed by atoms with Crippen LogP contribution in [0.3, 0.4) is 0 Å². The first-order valence-corrected chi connectivity index (χ1v) is 8.05. The molecule has 0 fully saturated rings. The third-order valence-electron chi connectivity index (χ3n) is 3.42. The van der Waals surface area contributed by atoms with Crippen LogP contribution in [0.4, 0.5) is 4.79 Å². The first kappa shape index (κ1) is 20.3. The molecule has 0 bridgehead atoms. The summed E-state index contributed by atoms with van der Waals surface area (Å²) in [6.45, 7) is 6.79. The molecule has 0 atom stereocenters. The molecule has 0 aliphatic carbocycles. The van der Waals surface area contributed by atoms with Gasteiger partial charge in [0, 0.05) is 18.0 Å². The number of benzene rings is 1. The van der Waals surface area contributed by atoms with Crippen LogP contribution in [0.1, 0.15) is 48.2 Å². The highest BCUT2D eigenvalue weighted by Gasteiger charge is 2.14. The molecule has 7 heteroatoms. The highest BCUT2D eigenvalue weighted by Crippen LogP contribution is 2.12. The SMILES string of the molecule is Cc1ccc(C(=O)CCC(=O)OCC(=O)NC(=O)NC(C)C)cc1C. The van der Waals surface area contributed by atoms with Crippen LogP contribution in [-0.4, -0.2) is 36.3 Å². The molecule has 2 N–H and O–H groups in total. The molecule has 0 aromatic heterocycles. The lowest BCUT2D eigenvalue weighted by Gasteiger charge is -2.09. The van der Waals surface area contributed by atoms with E-state index in [1.54, 1.807) is 26.0 Å². The Bertz CT molecular complexity index is 667. The summed E-state index contributed by atoms with van der Waals surface area (Å²) in [7, 11) is 0. The topological polar surface area (TPSA) is 102 Å². The number of carbonyl (C=O) groups excluding carboxylic acids is 4. The number of nitrogens with one attached hydrogen (secondary N) is 2. The number of amides is 3. The zero-order valence-electron chi connectivity index (χ0n) is 15.0. The molecule has 3 amide bonds. The Balaban J connectivity index is 2.34. The highest BCUT2D eigenvalue weighted by atomic mass is 16.5. The summed E-state index contributed by atoms with van der Waals surface area (Å²) >= 11 is 0. The van der Waals surface area contributed by atoms with Crippen molar-refractivity contribution in [2.24, 2.45) is 0 Å². The van der Waals surface area contributed by atoms with E-state index < -0.39 is 24.5 Å². The summed E-state index contributed by atoms with van der Waals surface area (Å²) < 4.78 is 4.76. The number of hydrogen-bond acceptors (Lipinski definition) is 5. The normalized spacial score (nSPS) is 10.3. The minimum Gasteiger partial charge on any atom is -0.456 e. The van der Waals surface area contributed by atoms with Gasteiger partial charge in [-0.2, -0.15) is 0 Å². The fourth-order valence-corrected chi connectivity index (χ4v) is 1.95. The summed E-state index contributed by atoms with van der Waals surface area (Å²) in [6.07, 6.45) is -0.131. The van der Waals surface area contributed by atoms with Crippen LogP contribution in [0.5, 0.6) is 0 Å². The van der Waals surface area contributed by atoms with Gasteiger partial charge in [0.15, 0.2) is 12.4 Å². The maximum absolute atomic E-state index is 12.1. The molecule has 7 nitrogen and oxygen atoms in total. The van der Waals surface area contributed by atoms with Crippen molar-refractivity contribution in [1.29, 1.82) is 0 Å². The van der Waals surface area contributed by atoms with Crippen molar-refractivity contribution in [3.05, 3.63) is 34.9 Å². The van der Waals surface area contributed by atoms with Crippen LogP contribution in [0.15, 0.2) is 18.2 Å². The lowest BCUT2D eigenvalue weighted by atomic mass is 10.0. The molecule has 0 aliphatic heterocycles. The molecule has 0 saturated heterocycles. The summed E-state index contributed by atoms with van der Waals surface area (Å²) in [4.78, 5) is 46.4.